The average molecular weight is 351 g/mol. The van der Waals surface area contributed by atoms with Gasteiger partial charge in [0.2, 0.25) is 0 Å². The number of hydrogen-bond donors (Lipinski definition) is 0. The van der Waals surface area contributed by atoms with Crippen LogP contribution in [-0.4, -0.2) is 37.7 Å². The van der Waals surface area contributed by atoms with Crippen LogP contribution in [-0.2, 0) is 16.6 Å². The minimum atomic E-state index is -3.55. The van der Waals surface area contributed by atoms with Crippen LogP contribution in [0.15, 0.2) is 48.5 Å². The van der Waals surface area contributed by atoms with E-state index in [-0.39, 0.29) is 0 Å². The van der Waals surface area contributed by atoms with Gasteiger partial charge in [-0.1, -0.05) is 54.1 Å². The van der Waals surface area contributed by atoms with Crippen molar-refractivity contribution < 1.29 is 8.42 Å². The lowest BCUT2D eigenvalue weighted by Crippen LogP contribution is -2.46. The highest BCUT2D eigenvalue weighted by Gasteiger charge is 2.38. The van der Waals surface area contributed by atoms with Crippen molar-refractivity contribution in [1.29, 1.82) is 0 Å². The molecule has 1 heterocycles. The first-order valence-electron chi connectivity index (χ1n) is 7.44. The summed E-state index contributed by atoms with van der Waals surface area (Å²) in [5, 5.41) is 0.577. The monoisotopic (exact) mass is 350 g/mol. The zero-order chi connectivity index (χ0) is 16.6. The molecule has 0 fully saturated rings. The first-order valence-corrected chi connectivity index (χ1v) is 9.22. The molecular formula is C17H19ClN2O2S. The highest BCUT2D eigenvalue weighted by Crippen LogP contribution is 2.39. The topological polar surface area (TPSA) is 40.6 Å². The normalized spacial score (nSPS) is 18.9. The molecule has 122 valence electrons. The minimum Gasteiger partial charge on any atom is -0.195 e. The standard InChI is InChI=1S/C17H19ClN2O2S/c1-19(2)23(21,22)20-12-11-13-7-3-4-8-14(13)17(20)15-9-5-6-10-16(15)18/h3-10,17H,11-12H2,1-2H3. The molecule has 0 aromatic heterocycles. The van der Waals surface area contributed by atoms with Gasteiger partial charge in [-0.3, -0.25) is 0 Å². The lowest BCUT2D eigenvalue weighted by molar-refractivity contribution is 0.320. The fourth-order valence-electron chi connectivity index (χ4n) is 3.02. The second kappa shape index (κ2) is 6.24. The Labute approximate surface area is 142 Å². The third-order valence-corrected chi connectivity index (χ3v) is 6.45. The SMILES string of the molecule is CN(C)S(=O)(=O)N1CCc2ccccc2C1c1ccccc1Cl. The van der Waals surface area contributed by atoms with Crippen LogP contribution in [0.1, 0.15) is 22.7 Å². The molecule has 0 saturated carbocycles. The molecule has 0 spiro atoms. The quantitative estimate of drug-likeness (QED) is 0.853. The molecule has 2 aromatic carbocycles. The van der Waals surface area contributed by atoms with Gasteiger partial charge < -0.3 is 0 Å². The first-order chi connectivity index (χ1) is 10.9. The number of benzene rings is 2. The van der Waals surface area contributed by atoms with Gasteiger partial charge in [-0.2, -0.15) is 17.0 Å². The van der Waals surface area contributed by atoms with E-state index in [1.165, 1.54) is 14.2 Å². The molecule has 0 amide bonds. The molecule has 2 aromatic rings. The van der Waals surface area contributed by atoms with Gasteiger partial charge in [0.25, 0.3) is 10.2 Å². The Morgan fingerprint density at radius 1 is 1.04 bits per heavy atom. The molecule has 1 aliphatic heterocycles. The van der Waals surface area contributed by atoms with E-state index in [1.54, 1.807) is 20.2 Å². The predicted octanol–water partition coefficient (Wildman–Crippen LogP) is 3.09. The second-order valence-corrected chi connectivity index (χ2v) is 8.28. The molecule has 0 N–H and O–H groups in total. The predicted molar refractivity (Wildman–Crippen MR) is 92.8 cm³/mol. The number of rotatable bonds is 3. The molecule has 1 aliphatic rings. The molecule has 3 rings (SSSR count). The summed E-state index contributed by atoms with van der Waals surface area (Å²) in [5.41, 5.74) is 2.98. The van der Waals surface area contributed by atoms with Crippen molar-refractivity contribution in [3.63, 3.8) is 0 Å². The van der Waals surface area contributed by atoms with Crippen LogP contribution in [0.5, 0.6) is 0 Å². The summed E-state index contributed by atoms with van der Waals surface area (Å²) in [7, 11) is -0.439. The van der Waals surface area contributed by atoms with E-state index in [1.807, 2.05) is 36.4 Å². The van der Waals surface area contributed by atoms with E-state index >= 15 is 0 Å². The van der Waals surface area contributed by atoms with E-state index in [0.717, 1.165) is 11.1 Å². The van der Waals surface area contributed by atoms with Crippen LogP contribution in [0.25, 0.3) is 0 Å². The van der Waals surface area contributed by atoms with Gasteiger partial charge in [0.1, 0.15) is 0 Å². The Kier molecular flexibility index (Phi) is 4.47. The van der Waals surface area contributed by atoms with E-state index in [4.69, 9.17) is 11.6 Å². The summed E-state index contributed by atoms with van der Waals surface area (Å²) in [6.45, 7) is 0.438. The fraction of sp³-hybridized carbons (Fsp3) is 0.294. The zero-order valence-electron chi connectivity index (χ0n) is 13.1. The van der Waals surface area contributed by atoms with Gasteiger partial charge in [-0.15, -0.1) is 0 Å². The van der Waals surface area contributed by atoms with Crippen LogP contribution >= 0.6 is 11.6 Å². The van der Waals surface area contributed by atoms with Crippen molar-refractivity contribution in [1.82, 2.24) is 8.61 Å². The smallest absolute Gasteiger partial charge is 0.195 e. The summed E-state index contributed by atoms with van der Waals surface area (Å²) in [5.74, 6) is 0. The number of fused-ring (bicyclic) bond motifs is 1. The number of hydrogen-bond acceptors (Lipinski definition) is 2. The third-order valence-electron chi connectivity index (χ3n) is 4.20. The van der Waals surface area contributed by atoms with Crippen LogP contribution in [0, 0.1) is 0 Å². The summed E-state index contributed by atoms with van der Waals surface area (Å²) in [6, 6.07) is 15.0. The van der Waals surface area contributed by atoms with Gasteiger partial charge in [0.15, 0.2) is 0 Å². The highest BCUT2D eigenvalue weighted by atomic mass is 35.5. The van der Waals surface area contributed by atoms with Crippen molar-refractivity contribution in [3.05, 3.63) is 70.2 Å². The van der Waals surface area contributed by atoms with Crippen LogP contribution < -0.4 is 0 Å². The molecular weight excluding hydrogens is 332 g/mol. The maximum absolute atomic E-state index is 12.8. The second-order valence-electron chi connectivity index (χ2n) is 5.77. The van der Waals surface area contributed by atoms with E-state index in [0.29, 0.717) is 18.0 Å². The third kappa shape index (κ3) is 2.90. The molecule has 1 unspecified atom stereocenters. The molecule has 6 heteroatoms. The largest absolute Gasteiger partial charge is 0.282 e. The first kappa shape index (κ1) is 16.5. The Bertz CT molecular complexity index is 821. The molecule has 23 heavy (non-hydrogen) atoms. The fourth-order valence-corrected chi connectivity index (χ4v) is 4.50. The van der Waals surface area contributed by atoms with Crippen molar-refractivity contribution in [2.45, 2.75) is 12.5 Å². The summed E-state index contributed by atoms with van der Waals surface area (Å²) >= 11 is 6.38. The maximum Gasteiger partial charge on any atom is 0.282 e. The van der Waals surface area contributed by atoms with Crippen molar-refractivity contribution in [2.24, 2.45) is 0 Å². The number of halogens is 1. The highest BCUT2D eigenvalue weighted by molar-refractivity contribution is 7.86. The Morgan fingerprint density at radius 3 is 2.30 bits per heavy atom. The number of nitrogens with zero attached hydrogens (tertiary/aromatic N) is 2. The Balaban J connectivity index is 2.21. The lowest BCUT2D eigenvalue weighted by atomic mass is 9.90. The molecule has 0 radical (unpaired) electrons. The Morgan fingerprint density at radius 2 is 1.65 bits per heavy atom. The van der Waals surface area contributed by atoms with E-state index in [9.17, 15) is 8.42 Å². The molecule has 0 saturated heterocycles. The van der Waals surface area contributed by atoms with Crippen LogP contribution in [0.4, 0.5) is 0 Å². The van der Waals surface area contributed by atoms with E-state index in [2.05, 4.69) is 6.07 Å². The van der Waals surface area contributed by atoms with Gasteiger partial charge in [0, 0.05) is 25.7 Å². The summed E-state index contributed by atoms with van der Waals surface area (Å²) in [4.78, 5) is 0. The van der Waals surface area contributed by atoms with E-state index < -0.39 is 16.3 Å². The van der Waals surface area contributed by atoms with Crippen molar-refractivity contribution in [2.75, 3.05) is 20.6 Å². The van der Waals surface area contributed by atoms with Crippen molar-refractivity contribution in [3.8, 4) is 0 Å². The van der Waals surface area contributed by atoms with Gasteiger partial charge in [0.05, 0.1) is 6.04 Å². The van der Waals surface area contributed by atoms with Gasteiger partial charge in [-0.05, 0) is 29.2 Å². The van der Waals surface area contributed by atoms with Crippen molar-refractivity contribution >= 4 is 21.8 Å². The lowest BCUT2D eigenvalue weighted by Gasteiger charge is -2.38. The molecule has 1 atom stereocenters. The van der Waals surface area contributed by atoms with Crippen LogP contribution in [0.3, 0.4) is 0 Å². The molecule has 0 aliphatic carbocycles. The Hall–Kier alpha value is -1.40. The van der Waals surface area contributed by atoms with Crippen LogP contribution in [0.2, 0.25) is 5.02 Å². The molecule has 4 nitrogen and oxygen atoms in total. The zero-order valence-corrected chi connectivity index (χ0v) is 14.7. The average Bonchev–Trinajstić information content (AvgIpc) is 2.54. The molecule has 0 bridgehead atoms. The van der Waals surface area contributed by atoms with Gasteiger partial charge >= 0.3 is 0 Å². The van der Waals surface area contributed by atoms with Gasteiger partial charge in [-0.25, -0.2) is 0 Å². The maximum atomic E-state index is 12.8. The summed E-state index contributed by atoms with van der Waals surface area (Å²) < 4.78 is 28.4. The summed E-state index contributed by atoms with van der Waals surface area (Å²) in [6.07, 6.45) is 0.699. The minimum absolute atomic E-state index is 0.402.